The van der Waals surface area contributed by atoms with Crippen LogP contribution in [-0.2, 0) is 0 Å². The smallest absolute Gasteiger partial charge is 0.314 e. The summed E-state index contributed by atoms with van der Waals surface area (Å²) in [4.78, 5) is 25.9. The SMILES string of the molecule is CNC(=O)NC1CCN(C(=O)c2ccc(-c3ccccc3)cc2)CC1. The average Bonchev–Trinajstić information content (AvgIpc) is 2.69. The zero-order chi connectivity index (χ0) is 17.6. The highest BCUT2D eigenvalue weighted by atomic mass is 16.2. The number of carbonyl (C=O) groups excluding carboxylic acids is 2. The minimum atomic E-state index is -0.165. The second kappa shape index (κ2) is 7.83. The summed E-state index contributed by atoms with van der Waals surface area (Å²) in [6.45, 7) is 1.32. The van der Waals surface area contributed by atoms with E-state index in [0.717, 1.165) is 24.0 Å². The van der Waals surface area contributed by atoms with E-state index in [1.165, 1.54) is 0 Å². The summed E-state index contributed by atoms with van der Waals surface area (Å²) in [5, 5.41) is 5.47. The largest absolute Gasteiger partial charge is 0.341 e. The van der Waals surface area contributed by atoms with Crippen molar-refractivity contribution < 1.29 is 9.59 Å². The highest BCUT2D eigenvalue weighted by Gasteiger charge is 2.24. The number of urea groups is 1. The molecule has 3 rings (SSSR count). The Bertz CT molecular complexity index is 720. The van der Waals surface area contributed by atoms with Crippen molar-refractivity contribution in [3.8, 4) is 11.1 Å². The third kappa shape index (κ3) is 4.18. The number of rotatable bonds is 3. The van der Waals surface area contributed by atoms with Gasteiger partial charge in [0.1, 0.15) is 0 Å². The standard InChI is InChI=1S/C20H23N3O2/c1-21-20(25)22-18-11-13-23(14-12-18)19(24)17-9-7-16(8-10-17)15-5-3-2-4-6-15/h2-10,18H,11-14H2,1H3,(H2,21,22,25). The maximum Gasteiger partial charge on any atom is 0.314 e. The zero-order valence-corrected chi connectivity index (χ0v) is 14.4. The predicted molar refractivity (Wildman–Crippen MR) is 98.4 cm³/mol. The molecule has 1 aliphatic rings. The van der Waals surface area contributed by atoms with Crippen molar-refractivity contribution in [3.05, 3.63) is 60.2 Å². The maximum atomic E-state index is 12.7. The van der Waals surface area contributed by atoms with Crippen LogP contribution in [0.15, 0.2) is 54.6 Å². The fraction of sp³-hybridized carbons (Fsp3) is 0.300. The van der Waals surface area contributed by atoms with Crippen LogP contribution < -0.4 is 10.6 Å². The summed E-state index contributed by atoms with van der Waals surface area (Å²) in [5.74, 6) is 0.0537. The normalized spacial score (nSPS) is 14.8. The van der Waals surface area contributed by atoms with Crippen LogP contribution in [0, 0.1) is 0 Å². The number of piperidine rings is 1. The van der Waals surface area contributed by atoms with Crippen LogP contribution >= 0.6 is 0 Å². The first-order chi connectivity index (χ1) is 12.2. The van der Waals surface area contributed by atoms with E-state index in [-0.39, 0.29) is 18.0 Å². The number of benzene rings is 2. The highest BCUT2D eigenvalue weighted by Crippen LogP contribution is 2.20. The molecule has 3 amide bonds. The molecule has 0 unspecified atom stereocenters. The van der Waals surface area contributed by atoms with Crippen LogP contribution in [0.5, 0.6) is 0 Å². The molecule has 0 bridgehead atoms. The van der Waals surface area contributed by atoms with Gasteiger partial charge < -0.3 is 15.5 Å². The summed E-state index contributed by atoms with van der Waals surface area (Å²) < 4.78 is 0. The number of nitrogens with zero attached hydrogens (tertiary/aromatic N) is 1. The molecule has 2 aromatic rings. The summed E-state index contributed by atoms with van der Waals surface area (Å²) in [6.07, 6.45) is 1.56. The van der Waals surface area contributed by atoms with Crippen LogP contribution in [-0.4, -0.2) is 43.0 Å². The highest BCUT2D eigenvalue weighted by molar-refractivity contribution is 5.94. The lowest BCUT2D eigenvalue weighted by atomic mass is 10.0. The lowest BCUT2D eigenvalue weighted by Crippen LogP contribution is -2.48. The Labute approximate surface area is 148 Å². The number of amides is 3. The zero-order valence-electron chi connectivity index (χ0n) is 14.4. The number of carbonyl (C=O) groups is 2. The van der Waals surface area contributed by atoms with Gasteiger partial charge in [0.2, 0.25) is 0 Å². The topological polar surface area (TPSA) is 61.4 Å². The van der Waals surface area contributed by atoms with E-state index in [1.807, 2.05) is 47.4 Å². The molecule has 0 saturated carbocycles. The molecule has 0 radical (unpaired) electrons. The minimum absolute atomic E-state index is 0.0537. The van der Waals surface area contributed by atoms with Crippen LogP contribution in [0.1, 0.15) is 23.2 Å². The molecule has 5 heteroatoms. The molecule has 2 aromatic carbocycles. The van der Waals surface area contributed by atoms with Gasteiger partial charge in [-0.1, -0.05) is 42.5 Å². The Balaban J connectivity index is 1.59. The molecule has 5 nitrogen and oxygen atoms in total. The van der Waals surface area contributed by atoms with Crippen molar-refractivity contribution in [3.63, 3.8) is 0 Å². The first-order valence-corrected chi connectivity index (χ1v) is 8.60. The molecule has 1 saturated heterocycles. The van der Waals surface area contributed by atoms with Gasteiger partial charge >= 0.3 is 6.03 Å². The molecule has 0 atom stereocenters. The molecule has 2 N–H and O–H groups in total. The van der Waals surface area contributed by atoms with Crippen molar-refractivity contribution in [2.45, 2.75) is 18.9 Å². The Kier molecular flexibility index (Phi) is 5.33. The van der Waals surface area contributed by atoms with Gasteiger partial charge in [-0.3, -0.25) is 4.79 Å². The molecule has 1 aliphatic heterocycles. The molecule has 25 heavy (non-hydrogen) atoms. The Morgan fingerprint density at radius 3 is 2.12 bits per heavy atom. The van der Waals surface area contributed by atoms with E-state index in [1.54, 1.807) is 7.05 Å². The summed E-state index contributed by atoms with van der Waals surface area (Å²) in [5.41, 5.74) is 2.95. The van der Waals surface area contributed by atoms with Gasteiger partial charge in [0.05, 0.1) is 0 Å². The van der Waals surface area contributed by atoms with E-state index >= 15 is 0 Å². The maximum absolute atomic E-state index is 12.7. The first kappa shape index (κ1) is 17.0. The van der Waals surface area contributed by atoms with Gasteiger partial charge in [0.15, 0.2) is 0 Å². The Morgan fingerprint density at radius 2 is 1.52 bits per heavy atom. The van der Waals surface area contributed by atoms with Crippen molar-refractivity contribution >= 4 is 11.9 Å². The summed E-state index contributed by atoms with van der Waals surface area (Å²) in [7, 11) is 1.60. The molecular formula is C20H23N3O2. The lowest BCUT2D eigenvalue weighted by molar-refractivity contribution is 0.0708. The van der Waals surface area contributed by atoms with Gasteiger partial charge in [0, 0.05) is 31.7 Å². The lowest BCUT2D eigenvalue weighted by Gasteiger charge is -2.32. The van der Waals surface area contributed by atoms with E-state index in [9.17, 15) is 9.59 Å². The molecule has 0 aliphatic carbocycles. The van der Waals surface area contributed by atoms with Gasteiger partial charge in [-0.15, -0.1) is 0 Å². The van der Waals surface area contributed by atoms with Crippen LogP contribution in [0.3, 0.4) is 0 Å². The number of nitrogens with one attached hydrogen (secondary N) is 2. The van der Waals surface area contributed by atoms with Crippen molar-refractivity contribution in [2.24, 2.45) is 0 Å². The molecular weight excluding hydrogens is 314 g/mol. The average molecular weight is 337 g/mol. The quantitative estimate of drug-likeness (QED) is 0.905. The predicted octanol–water partition coefficient (Wildman–Crippen LogP) is 2.89. The molecule has 0 aromatic heterocycles. The monoisotopic (exact) mass is 337 g/mol. The van der Waals surface area contributed by atoms with Gasteiger partial charge in [0.25, 0.3) is 5.91 Å². The second-order valence-corrected chi connectivity index (χ2v) is 6.23. The van der Waals surface area contributed by atoms with Gasteiger partial charge in [-0.05, 0) is 36.1 Å². The Morgan fingerprint density at radius 1 is 0.920 bits per heavy atom. The fourth-order valence-electron chi connectivity index (χ4n) is 3.10. The van der Waals surface area contributed by atoms with Crippen molar-refractivity contribution in [1.82, 2.24) is 15.5 Å². The van der Waals surface area contributed by atoms with Crippen LogP contribution in [0.25, 0.3) is 11.1 Å². The summed E-state index contributed by atoms with van der Waals surface area (Å²) in [6, 6.07) is 17.8. The molecule has 0 spiro atoms. The van der Waals surface area contributed by atoms with E-state index in [2.05, 4.69) is 22.8 Å². The Hall–Kier alpha value is -2.82. The fourth-order valence-corrected chi connectivity index (χ4v) is 3.10. The molecule has 130 valence electrons. The number of likely N-dealkylation sites (tertiary alicyclic amines) is 1. The first-order valence-electron chi connectivity index (χ1n) is 8.60. The molecule has 1 fully saturated rings. The minimum Gasteiger partial charge on any atom is -0.341 e. The van der Waals surface area contributed by atoms with Crippen molar-refractivity contribution in [1.29, 1.82) is 0 Å². The molecule has 1 heterocycles. The van der Waals surface area contributed by atoms with E-state index in [4.69, 9.17) is 0 Å². The van der Waals surface area contributed by atoms with Crippen LogP contribution in [0.2, 0.25) is 0 Å². The van der Waals surface area contributed by atoms with Crippen molar-refractivity contribution in [2.75, 3.05) is 20.1 Å². The third-order valence-electron chi connectivity index (χ3n) is 4.58. The van der Waals surface area contributed by atoms with Gasteiger partial charge in [-0.25, -0.2) is 4.79 Å². The third-order valence-corrected chi connectivity index (χ3v) is 4.58. The summed E-state index contributed by atoms with van der Waals surface area (Å²) >= 11 is 0. The van der Waals surface area contributed by atoms with Gasteiger partial charge in [-0.2, -0.15) is 0 Å². The van der Waals surface area contributed by atoms with E-state index in [0.29, 0.717) is 18.7 Å². The van der Waals surface area contributed by atoms with Crippen LogP contribution in [0.4, 0.5) is 4.79 Å². The van der Waals surface area contributed by atoms with E-state index < -0.39 is 0 Å². The second-order valence-electron chi connectivity index (χ2n) is 6.23. The number of hydrogen-bond donors (Lipinski definition) is 2. The number of hydrogen-bond acceptors (Lipinski definition) is 2.